The summed E-state index contributed by atoms with van der Waals surface area (Å²) < 4.78 is 12.3. The average molecular weight is 483 g/mol. The summed E-state index contributed by atoms with van der Waals surface area (Å²) >= 11 is 0. The van der Waals surface area contributed by atoms with Gasteiger partial charge >= 0.3 is 0 Å². The summed E-state index contributed by atoms with van der Waals surface area (Å²) in [5, 5.41) is 12.2. The molecule has 0 saturated carbocycles. The van der Waals surface area contributed by atoms with E-state index >= 15 is 0 Å². The summed E-state index contributed by atoms with van der Waals surface area (Å²) in [7, 11) is 0. The molecule has 0 amide bonds. The minimum absolute atomic E-state index is 0. The standard InChI is InChI=1S/C24H38N2O3.BrH/c1-3-5-6-7-13-20-28-23-15-10-9-14-22(23)25-24(27)29-21-19-26(16-4-2)17-11-8-12-18-26;/h4,9-10,14-15H,2-3,5-8,11-13,16-21H2,1H3;1H. The van der Waals surface area contributed by atoms with Crippen LogP contribution in [0.25, 0.3) is 0 Å². The molecule has 2 rings (SSSR count). The Balaban J connectivity index is 0.00000450. The third-order valence-electron chi connectivity index (χ3n) is 5.65. The summed E-state index contributed by atoms with van der Waals surface area (Å²) in [5.41, 5.74) is 0.541. The summed E-state index contributed by atoms with van der Waals surface area (Å²) in [6.07, 6.45) is 11.1. The number of nitrogens with zero attached hydrogens (tertiary/aromatic N) is 2. The van der Waals surface area contributed by atoms with Crippen molar-refractivity contribution in [2.75, 3.05) is 39.4 Å². The predicted octanol–water partition coefficient (Wildman–Crippen LogP) is 5.16. The molecule has 1 heterocycles. The fourth-order valence-corrected chi connectivity index (χ4v) is 3.97. The van der Waals surface area contributed by atoms with Crippen molar-refractivity contribution in [2.24, 2.45) is 4.99 Å². The van der Waals surface area contributed by atoms with Crippen molar-refractivity contribution in [3.8, 4) is 5.75 Å². The fourth-order valence-electron chi connectivity index (χ4n) is 3.97. The van der Waals surface area contributed by atoms with E-state index in [1.165, 1.54) is 44.9 Å². The normalized spacial score (nSPS) is 15.8. The third-order valence-corrected chi connectivity index (χ3v) is 5.65. The molecule has 1 fully saturated rings. The van der Waals surface area contributed by atoms with Crippen molar-refractivity contribution in [1.29, 1.82) is 0 Å². The fraction of sp³-hybridized carbons (Fsp3) is 0.625. The Labute approximate surface area is 193 Å². The van der Waals surface area contributed by atoms with Crippen molar-refractivity contribution in [3.05, 3.63) is 36.9 Å². The van der Waals surface area contributed by atoms with Crippen LogP contribution in [0.5, 0.6) is 5.75 Å². The SMILES string of the molecule is Br.C=CC[N+]1(CCOC([O-])=Nc2ccccc2OCCCCCCC)CCCCC1. The van der Waals surface area contributed by atoms with Gasteiger partial charge in [0.25, 0.3) is 0 Å². The van der Waals surface area contributed by atoms with E-state index in [2.05, 4.69) is 18.5 Å². The van der Waals surface area contributed by atoms with Crippen LogP contribution < -0.4 is 9.84 Å². The first kappa shape index (κ1) is 26.5. The van der Waals surface area contributed by atoms with Crippen LogP contribution in [0.2, 0.25) is 0 Å². The maximum atomic E-state index is 12.2. The van der Waals surface area contributed by atoms with Crippen molar-refractivity contribution >= 4 is 28.8 Å². The molecule has 0 aliphatic carbocycles. The molecule has 0 bridgehead atoms. The molecule has 0 atom stereocenters. The van der Waals surface area contributed by atoms with Gasteiger partial charge in [0.05, 0.1) is 32.8 Å². The molecule has 0 radical (unpaired) electrons. The smallest absolute Gasteiger partial charge is 0.151 e. The monoisotopic (exact) mass is 482 g/mol. The Hall–Kier alpha value is -1.53. The number of hydrogen-bond acceptors (Lipinski definition) is 4. The Morgan fingerprint density at radius 1 is 1.10 bits per heavy atom. The van der Waals surface area contributed by atoms with E-state index in [1.807, 2.05) is 24.3 Å². The molecule has 1 saturated heterocycles. The van der Waals surface area contributed by atoms with Gasteiger partial charge in [-0.1, -0.05) is 51.3 Å². The van der Waals surface area contributed by atoms with Crippen LogP contribution in [0.1, 0.15) is 58.3 Å². The lowest BCUT2D eigenvalue weighted by Gasteiger charge is -2.41. The van der Waals surface area contributed by atoms with Crippen LogP contribution in [0.3, 0.4) is 0 Å². The number of para-hydroxylation sites is 2. The van der Waals surface area contributed by atoms with Crippen LogP contribution in [-0.4, -0.2) is 50.0 Å². The lowest BCUT2D eigenvalue weighted by atomic mass is 10.1. The van der Waals surface area contributed by atoms with Gasteiger partial charge < -0.3 is 19.1 Å². The van der Waals surface area contributed by atoms with E-state index in [4.69, 9.17) is 9.47 Å². The maximum absolute atomic E-state index is 12.2. The van der Waals surface area contributed by atoms with Crippen molar-refractivity contribution in [3.63, 3.8) is 0 Å². The first-order valence-corrected chi connectivity index (χ1v) is 11.3. The zero-order valence-electron chi connectivity index (χ0n) is 18.5. The Morgan fingerprint density at radius 3 is 2.57 bits per heavy atom. The second-order valence-corrected chi connectivity index (χ2v) is 8.00. The van der Waals surface area contributed by atoms with Crippen LogP contribution >= 0.6 is 17.0 Å². The minimum atomic E-state index is -0.544. The third kappa shape index (κ3) is 9.52. The molecule has 0 unspecified atom stereocenters. The number of hydrogen-bond donors (Lipinski definition) is 0. The molecule has 6 heteroatoms. The largest absolute Gasteiger partial charge is 0.594 e. The minimum Gasteiger partial charge on any atom is -0.594 e. The van der Waals surface area contributed by atoms with Gasteiger partial charge in [0.15, 0.2) is 6.08 Å². The van der Waals surface area contributed by atoms with Gasteiger partial charge in [-0.15, -0.1) is 17.0 Å². The van der Waals surface area contributed by atoms with Crippen molar-refractivity contribution in [1.82, 2.24) is 0 Å². The molecule has 1 aliphatic heterocycles. The highest BCUT2D eigenvalue weighted by molar-refractivity contribution is 8.93. The zero-order valence-corrected chi connectivity index (χ0v) is 20.2. The number of quaternary nitrogens is 1. The number of unbranched alkanes of at least 4 members (excludes halogenated alkanes) is 4. The molecule has 1 aromatic rings. The molecule has 5 nitrogen and oxygen atoms in total. The van der Waals surface area contributed by atoms with E-state index in [9.17, 15) is 5.11 Å². The molecule has 1 aliphatic rings. The number of halogens is 1. The van der Waals surface area contributed by atoms with Gasteiger partial charge in [0.1, 0.15) is 11.4 Å². The van der Waals surface area contributed by atoms with E-state index in [0.29, 0.717) is 24.7 Å². The number of piperidine rings is 1. The highest BCUT2D eigenvalue weighted by Crippen LogP contribution is 2.27. The number of benzene rings is 1. The van der Waals surface area contributed by atoms with Gasteiger partial charge in [-0.25, -0.2) is 4.99 Å². The van der Waals surface area contributed by atoms with Gasteiger partial charge in [-0.2, -0.15) is 0 Å². The first-order chi connectivity index (χ1) is 14.2. The average Bonchev–Trinajstić information content (AvgIpc) is 2.72. The summed E-state index contributed by atoms with van der Waals surface area (Å²) in [4.78, 5) is 4.13. The second kappa shape index (κ2) is 15.3. The van der Waals surface area contributed by atoms with Gasteiger partial charge in [-0.3, -0.25) is 0 Å². The summed E-state index contributed by atoms with van der Waals surface area (Å²) in [6.45, 7) is 11.2. The van der Waals surface area contributed by atoms with Crippen LogP contribution in [-0.2, 0) is 4.74 Å². The number of likely N-dealkylation sites (tertiary alicyclic amines) is 1. The molecule has 0 N–H and O–H groups in total. The van der Waals surface area contributed by atoms with Crippen LogP contribution in [0.4, 0.5) is 5.69 Å². The lowest BCUT2D eigenvalue weighted by molar-refractivity contribution is -0.927. The van der Waals surface area contributed by atoms with Gasteiger partial charge in [0.2, 0.25) is 0 Å². The van der Waals surface area contributed by atoms with Crippen LogP contribution in [0.15, 0.2) is 41.9 Å². The second-order valence-electron chi connectivity index (χ2n) is 8.00. The molecule has 0 spiro atoms. The van der Waals surface area contributed by atoms with E-state index in [1.54, 1.807) is 6.07 Å². The quantitative estimate of drug-likeness (QED) is 0.128. The van der Waals surface area contributed by atoms with Crippen molar-refractivity contribution < 1.29 is 19.1 Å². The first-order valence-electron chi connectivity index (χ1n) is 11.3. The number of rotatable bonds is 13. The molecule has 1 aromatic carbocycles. The highest BCUT2D eigenvalue weighted by Gasteiger charge is 2.27. The maximum Gasteiger partial charge on any atom is 0.151 e. The molecule has 170 valence electrons. The summed E-state index contributed by atoms with van der Waals surface area (Å²) in [6, 6.07) is 7.41. The van der Waals surface area contributed by atoms with Crippen molar-refractivity contribution in [2.45, 2.75) is 58.3 Å². The van der Waals surface area contributed by atoms with E-state index < -0.39 is 6.08 Å². The lowest BCUT2D eigenvalue weighted by Crippen LogP contribution is -2.53. The van der Waals surface area contributed by atoms with Crippen LogP contribution in [0, 0.1) is 0 Å². The predicted molar refractivity (Wildman–Crippen MR) is 128 cm³/mol. The summed E-state index contributed by atoms with van der Waals surface area (Å²) in [5.74, 6) is 0.645. The number of aliphatic imine (C=N–C) groups is 1. The molecule has 0 aromatic heterocycles. The number of ether oxygens (including phenoxy) is 2. The molecule has 30 heavy (non-hydrogen) atoms. The highest BCUT2D eigenvalue weighted by atomic mass is 79.9. The Bertz CT molecular complexity index is 631. The Kier molecular flexibility index (Phi) is 13.5. The van der Waals surface area contributed by atoms with Gasteiger partial charge in [0, 0.05) is 6.61 Å². The zero-order chi connectivity index (χ0) is 20.8. The molecular formula is C24H39BrN2O3. The topological polar surface area (TPSA) is 53.9 Å². The molecular weight excluding hydrogens is 444 g/mol. The Morgan fingerprint density at radius 2 is 1.83 bits per heavy atom. The van der Waals surface area contributed by atoms with E-state index in [0.717, 1.165) is 37.1 Å². The van der Waals surface area contributed by atoms with Gasteiger partial charge in [-0.05, 0) is 43.9 Å². The van der Waals surface area contributed by atoms with E-state index in [-0.39, 0.29) is 17.0 Å².